The first-order valence-electron chi connectivity index (χ1n) is 10.7. The molecule has 3 aliphatic rings. The predicted molar refractivity (Wildman–Crippen MR) is 111 cm³/mol. The summed E-state index contributed by atoms with van der Waals surface area (Å²) in [6, 6.07) is 14.4. The van der Waals surface area contributed by atoms with Gasteiger partial charge in [0.15, 0.2) is 0 Å². The molecule has 0 spiro atoms. The third-order valence-corrected chi connectivity index (χ3v) is 6.31. The maximum Gasteiger partial charge on any atom is 0.262 e. The van der Waals surface area contributed by atoms with Crippen LogP contribution in [0.2, 0.25) is 0 Å². The molecule has 2 aromatic rings. The van der Waals surface area contributed by atoms with Gasteiger partial charge in [0.2, 0.25) is 5.91 Å². The van der Waals surface area contributed by atoms with Crippen LogP contribution in [0, 0.1) is 0 Å². The van der Waals surface area contributed by atoms with Crippen molar-refractivity contribution in [2.24, 2.45) is 0 Å². The number of rotatable bonds is 4. The Morgan fingerprint density at radius 2 is 1.52 bits per heavy atom. The number of nitrogens with zero attached hydrogens (tertiary/aromatic N) is 2. The van der Waals surface area contributed by atoms with E-state index in [-0.39, 0.29) is 36.5 Å². The number of carbonyl (C=O) groups excluding carboxylic acids is 3. The van der Waals surface area contributed by atoms with Crippen molar-refractivity contribution >= 4 is 17.7 Å². The number of imide groups is 1. The molecule has 1 aliphatic carbocycles. The van der Waals surface area contributed by atoms with Gasteiger partial charge >= 0.3 is 0 Å². The smallest absolute Gasteiger partial charge is 0.262 e. The summed E-state index contributed by atoms with van der Waals surface area (Å²) in [5.74, 6) is -0.534. The summed E-state index contributed by atoms with van der Waals surface area (Å²) in [5.41, 5.74) is 2.76. The molecule has 1 unspecified atom stereocenters. The van der Waals surface area contributed by atoms with E-state index in [2.05, 4.69) is 0 Å². The van der Waals surface area contributed by atoms with Gasteiger partial charge in [-0.15, -0.1) is 0 Å². The molecule has 0 N–H and O–H groups in total. The van der Waals surface area contributed by atoms with Crippen LogP contribution < -0.4 is 0 Å². The van der Waals surface area contributed by atoms with Crippen molar-refractivity contribution in [2.45, 2.75) is 25.0 Å². The Morgan fingerprint density at radius 1 is 0.903 bits per heavy atom. The van der Waals surface area contributed by atoms with Gasteiger partial charge < -0.3 is 14.4 Å². The molecular weight excluding hydrogens is 396 g/mol. The number of carbonyl (C=O) groups is 3. The highest BCUT2D eigenvalue weighted by Crippen LogP contribution is 2.43. The molecule has 0 saturated carbocycles. The lowest BCUT2D eigenvalue weighted by molar-refractivity contribution is -0.142. The number of morpholine rings is 1. The maximum absolute atomic E-state index is 13.0. The molecule has 2 aromatic carbocycles. The fourth-order valence-electron chi connectivity index (χ4n) is 4.74. The van der Waals surface area contributed by atoms with E-state index >= 15 is 0 Å². The third-order valence-electron chi connectivity index (χ3n) is 6.31. The Morgan fingerprint density at radius 3 is 2.19 bits per heavy atom. The van der Waals surface area contributed by atoms with Crippen molar-refractivity contribution in [3.8, 4) is 0 Å². The highest BCUT2D eigenvalue weighted by atomic mass is 16.5. The van der Waals surface area contributed by atoms with Crippen LogP contribution in [0.15, 0.2) is 48.5 Å². The Kier molecular flexibility index (Phi) is 5.29. The largest absolute Gasteiger partial charge is 0.378 e. The number of benzene rings is 2. The molecule has 0 aromatic heterocycles. The van der Waals surface area contributed by atoms with Gasteiger partial charge in [-0.05, 0) is 36.1 Å². The average molecular weight is 420 g/mol. The fraction of sp³-hybridized carbons (Fsp3) is 0.375. The number of hydrogen-bond donors (Lipinski definition) is 0. The lowest BCUT2D eigenvalue weighted by Crippen LogP contribution is -2.43. The molecule has 0 radical (unpaired) electrons. The van der Waals surface area contributed by atoms with Crippen LogP contribution >= 0.6 is 0 Å². The monoisotopic (exact) mass is 420 g/mol. The van der Waals surface area contributed by atoms with E-state index in [1.54, 1.807) is 29.2 Å². The van der Waals surface area contributed by atoms with Crippen LogP contribution in [0.1, 0.15) is 56.8 Å². The topological polar surface area (TPSA) is 76.2 Å². The number of amides is 3. The van der Waals surface area contributed by atoms with E-state index < -0.39 is 0 Å². The van der Waals surface area contributed by atoms with Crippen LogP contribution in [0.3, 0.4) is 0 Å². The van der Waals surface area contributed by atoms with Crippen molar-refractivity contribution in [3.05, 3.63) is 70.8 Å². The maximum atomic E-state index is 13.0. The molecule has 2 heterocycles. The molecule has 160 valence electrons. The standard InChI is InChI=1S/C24H24N2O5/c27-22(25-11-13-30-14-12-25)15-31-21-10-9-20(16-5-1-2-6-17(16)21)26-23(28)18-7-3-4-8-19(18)24(26)29/h1-8,20-21H,9-15H2/t20?,21-/m1/s1. The van der Waals surface area contributed by atoms with Crippen LogP contribution in [0.4, 0.5) is 0 Å². The first-order valence-corrected chi connectivity index (χ1v) is 10.7. The molecule has 2 atom stereocenters. The summed E-state index contributed by atoms with van der Waals surface area (Å²) in [6.07, 6.45) is 0.984. The Labute approximate surface area is 180 Å². The van der Waals surface area contributed by atoms with E-state index in [4.69, 9.17) is 9.47 Å². The van der Waals surface area contributed by atoms with Crippen LogP contribution in [0.25, 0.3) is 0 Å². The summed E-state index contributed by atoms with van der Waals surface area (Å²) in [4.78, 5) is 41.6. The number of fused-ring (bicyclic) bond motifs is 2. The highest BCUT2D eigenvalue weighted by molar-refractivity contribution is 6.21. The van der Waals surface area contributed by atoms with E-state index in [1.807, 2.05) is 24.3 Å². The molecule has 1 fully saturated rings. The minimum Gasteiger partial charge on any atom is -0.378 e. The fourth-order valence-corrected chi connectivity index (χ4v) is 4.74. The summed E-state index contributed by atoms with van der Waals surface area (Å²) in [7, 11) is 0. The van der Waals surface area contributed by atoms with E-state index in [0.717, 1.165) is 11.1 Å². The normalized spacial score (nSPS) is 23.0. The summed E-state index contributed by atoms with van der Waals surface area (Å²) in [6.45, 7) is 2.30. The SMILES string of the molecule is O=C(CO[C@@H]1CCC(N2C(=O)c3ccccc3C2=O)c2ccccc21)N1CCOCC1. The zero-order valence-electron chi connectivity index (χ0n) is 17.2. The first kappa shape index (κ1) is 19.9. The minimum absolute atomic E-state index is 0.0106. The lowest BCUT2D eigenvalue weighted by Gasteiger charge is -2.36. The molecule has 2 aliphatic heterocycles. The summed E-state index contributed by atoms with van der Waals surface area (Å²) < 4.78 is 11.3. The quantitative estimate of drug-likeness (QED) is 0.711. The molecule has 1 saturated heterocycles. The Hall–Kier alpha value is -3.03. The summed E-state index contributed by atoms with van der Waals surface area (Å²) in [5, 5.41) is 0. The predicted octanol–water partition coefficient (Wildman–Crippen LogP) is 2.73. The van der Waals surface area contributed by atoms with Crippen LogP contribution in [-0.4, -0.2) is 60.4 Å². The van der Waals surface area contributed by atoms with Gasteiger partial charge in [0, 0.05) is 13.1 Å². The Bertz CT molecular complexity index is 995. The van der Waals surface area contributed by atoms with Gasteiger partial charge in [0.1, 0.15) is 6.61 Å². The van der Waals surface area contributed by atoms with E-state index in [1.165, 1.54) is 4.90 Å². The van der Waals surface area contributed by atoms with E-state index in [0.29, 0.717) is 50.3 Å². The number of hydrogen-bond acceptors (Lipinski definition) is 5. The Balaban J connectivity index is 1.35. The van der Waals surface area contributed by atoms with Crippen LogP contribution in [-0.2, 0) is 14.3 Å². The van der Waals surface area contributed by atoms with Crippen molar-refractivity contribution in [1.82, 2.24) is 9.80 Å². The molecule has 7 heteroatoms. The second-order valence-electron chi connectivity index (χ2n) is 8.04. The second kappa shape index (κ2) is 8.24. The van der Waals surface area contributed by atoms with Gasteiger partial charge in [-0.1, -0.05) is 36.4 Å². The number of ether oxygens (including phenoxy) is 2. The van der Waals surface area contributed by atoms with Crippen molar-refractivity contribution in [1.29, 1.82) is 0 Å². The zero-order chi connectivity index (χ0) is 21.4. The average Bonchev–Trinajstić information content (AvgIpc) is 3.08. The first-order chi connectivity index (χ1) is 15.1. The second-order valence-corrected chi connectivity index (χ2v) is 8.04. The van der Waals surface area contributed by atoms with E-state index in [9.17, 15) is 14.4 Å². The molecule has 3 amide bonds. The lowest BCUT2D eigenvalue weighted by atomic mass is 9.84. The molecule has 31 heavy (non-hydrogen) atoms. The molecule has 7 nitrogen and oxygen atoms in total. The van der Waals surface area contributed by atoms with Gasteiger partial charge in [-0.3, -0.25) is 19.3 Å². The molecular formula is C24H24N2O5. The van der Waals surface area contributed by atoms with Gasteiger partial charge in [-0.2, -0.15) is 0 Å². The van der Waals surface area contributed by atoms with Gasteiger partial charge in [-0.25, -0.2) is 0 Å². The van der Waals surface area contributed by atoms with Crippen molar-refractivity contribution in [2.75, 3.05) is 32.9 Å². The third kappa shape index (κ3) is 3.54. The van der Waals surface area contributed by atoms with Crippen LogP contribution in [0.5, 0.6) is 0 Å². The summed E-state index contributed by atoms with van der Waals surface area (Å²) >= 11 is 0. The van der Waals surface area contributed by atoms with Crippen molar-refractivity contribution in [3.63, 3.8) is 0 Å². The molecule has 0 bridgehead atoms. The van der Waals surface area contributed by atoms with Gasteiger partial charge in [0.25, 0.3) is 11.8 Å². The zero-order valence-corrected chi connectivity index (χ0v) is 17.2. The minimum atomic E-state index is -0.335. The van der Waals surface area contributed by atoms with Gasteiger partial charge in [0.05, 0.1) is 36.5 Å². The highest BCUT2D eigenvalue weighted by Gasteiger charge is 2.43. The molecule has 5 rings (SSSR count). The van der Waals surface area contributed by atoms with Crippen molar-refractivity contribution < 1.29 is 23.9 Å².